The van der Waals surface area contributed by atoms with Crippen LogP contribution in [0, 0.1) is 11.8 Å². The SMILES string of the molecule is CCC(C(=O)OC)C1CCC(=C/CO)/C1=C\CCl. The third kappa shape index (κ3) is 3.36. The zero-order chi connectivity index (χ0) is 13.5. The Kier molecular flexibility index (Phi) is 6.44. The predicted molar refractivity (Wildman–Crippen MR) is 72.5 cm³/mol. The van der Waals surface area contributed by atoms with E-state index < -0.39 is 0 Å². The number of allylic oxidation sites excluding steroid dienone is 3. The number of hydrogen-bond acceptors (Lipinski definition) is 3. The fraction of sp³-hybridized carbons (Fsp3) is 0.643. The van der Waals surface area contributed by atoms with E-state index >= 15 is 0 Å². The first-order valence-corrected chi connectivity index (χ1v) is 6.87. The highest BCUT2D eigenvalue weighted by Gasteiger charge is 2.35. The van der Waals surface area contributed by atoms with Crippen LogP contribution in [0.5, 0.6) is 0 Å². The summed E-state index contributed by atoms with van der Waals surface area (Å²) in [5, 5.41) is 9.02. The van der Waals surface area contributed by atoms with Gasteiger partial charge in [0.25, 0.3) is 0 Å². The summed E-state index contributed by atoms with van der Waals surface area (Å²) >= 11 is 5.79. The summed E-state index contributed by atoms with van der Waals surface area (Å²) in [7, 11) is 1.43. The molecule has 1 fully saturated rings. The van der Waals surface area contributed by atoms with Crippen LogP contribution in [0.3, 0.4) is 0 Å². The van der Waals surface area contributed by atoms with Crippen LogP contribution >= 0.6 is 11.6 Å². The molecule has 0 saturated heterocycles. The fourth-order valence-corrected chi connectivity index (χ4v) is 2.90. The summed E-state index contributed by atoms with van der Waals surface area (Å²) in [4.78, 5) is 11.8. The van der Waals surface area contributed by atoms with E-state index in [0.717, 1.165) is 30.4 Å². The maximum absolute atomic E-state index is 11.8. The van der Waals surface area contributed by atoms with Crippen LogP contribution in [0.4, 0.5) is 0 Å². The third-order valence-corrected chi connectivity index (χ3v) is 3.71. The highest BCUT2D eigenvalue weighted by molar-refractivity contribution is 6.19. The standard InChI is InChI=1S/C14H21ClO3/c1-3-11(14(17)18-2)13-5-4-10(7-9-16)12(13)6-8-15/h6-7,11,13,16H,3-5,8-9H2,1-2H3/b10-7-,12-6+. The van der Waals surface area contributed by atoms with E-state index in [1.165, 1.54) is 7.11 Å². The van der Waals surface area contributed by atoms with Gasteiger partial charge < -0.3 is 9.84 Å². The molecule has 0 aromatic heterocycles. The Morgan fingerprint density at radius 3 is 2.83 bits per heavy atom. The molecule has 102 valence electrons. The Bertz CT molecular complexity index is 347. The van der Waals surface area contributed by atoms with Crippen molar-refractivity contribution in [2.45, 2.75) is 26.2 Å². The van der Waals surface area contributed by atoms with Crippen LogP contribution in [0.1, 0.15) is 26.2 Å². The van der Waals surface area contributed by atoms with Gasteiger partial charge in [-0.05, 0) is 36.3 Å². The number of ether oxygens (including phenoxy) is 1. The Morgan fingerprint density at radius 1 is 1.61 bits per heavy atom. The van der Waals surface area contributed by atoms with E-state index in [0.29, 0.717) is 5.88 Å². The number of esters is 1. The third-order valence-electron chi connectivity index (χ3n) is 3.56. The van der Waals surface area contributed by atoms with Crippen molar-refractivity contribution in [3.05, 3.63) is 23.3 Å². The van der Waals surface area contributed by atoms with Crippen molar-refractivity contribution in [3.63, 3.8) is 0 Å². The number of hydrogen-bond donors (Lipinski definition) is 1. The monoisotopic (exact) mass is 272 g/mol. The molecular formula is C14H21ClO3. The average Bonchev–Trinajstić information content (AvgIpc) is 2.75. The fourth-order valence-electron chi connectivity index (χ4n) is 2.73. The first kappa shape index (κ1) is 15.3. The second kappa shape index (κ2) is 7.59. The normalized spacial score (nSPS) is 25.7. The molecule has 3 nitrogen and oxygen atoms in total. The summed E-state index contributed by atoms with van der Waals surface area (Å²) in [6.07, 6.45) is 6.32. The molecule has 1 N–H and O–H groups in total. The molecule has 1 aliphatic carbocycles. The van der Waals surface area contributed by atoms with Crippen LogP contribution in [0.15, 0.2) is 23.3 Å². The first-order chi connectivity index (χ1) is 8.69. The highest BCUT2D eigenvalue weighted by atomic mass is 35.5. The molecule has 0 aromatic rings. The van der Waals surface area contributed by atoms with Crippen LogP contribution < -0.4 is 0 Å². The Morgan fingerprint density at radius 2 is 2.33 bits per heavy atom. The number of methoxy groups -OCH3 is 1. The minimum absolute atomic E-state index is 0.0245. The summed E-state index contributed by atoms with van der Waals surface area (Å²) in [6.45, 7) is 2.02. The minimum atomic E-state index is -0.159. The molecule has 1 saturated carbocycles. The molecular weight excluding hydrogens is 252 g/mol. The van der Waals surface area contributed by atoms with E-state index in [1.807, 2.05) is 19.1 Å². The van der Waals surface area contributed by atoms with Crippen LogP contribution in [-0.2, 0) is 9.53 Å². The molecule has 18 heavy (non-hydrogen) atoms. The van der Waals surface area contributed by atoms with Gasteiger partial charge in [-0.2, -0.15) is 0 Å². The van der Waals surface area contributed by atoms with Gasteiger partial charge in [-0.3, -0.25) is 4.79 Å². The van der Waals surface area contributed by atoms with E-state index in [4.69, 9.17) is 21.4 Å². The minimum Gasteiger partial charge on any atom is -0.469 e. The van der Waals surface area contributed by atoms with Gasteiger partial charge in [0.1, 0.15) is 0 Å². The number of halogens is 1. The Labute approximate surface area is 113 Å². The molecule has 2 atom stereocenters. The van der Waals surface area contributed by atoms with Crippen molar-refractivity contribution in [1.29, 1.82) is 0 Å². The van der Waals surface area contributed by atoms with Crippen molar-refractivity contribution in [2.75, 3.05) is 19.6 Å². The molecule has 0 radical (unpaired) electrons. The van der Waals surface area contributed by atoms with Crippen LogP contribution in [-0.4, -0.2) is 30.7 Å². The quantitative estimate of drug-likeness (QED) is 0.618. The second-order valence-corrected chi connectivity index (χ2v) is 4.72. The lowest BCUT2D eigenvalue weighted by atomic mass is 9.85. The Balaban J connectivity index is 2.98. The number of carbonyl (C=O) groups excluding carboxylic acids is 1. The van der Waals surface area contributed by atoms with Gasteiger partial charge in [0, 0.05) is 5.88 Å². The molecule has 2 unspecified atom stereocenters. The van der Waals surface area contributed by atoms with Gasteiger partial charge in [0.15, 0.2) is 0 Å². The van der Waals surface area contributed by atoms with Crippen molar-refractivity contribution >= 4 is 17.6 Å². The molecule has 4 heteroatoms. The molecule has 1 aliphatic rings. The van der Waals surface area contributed by atoms with Crippen LogP contribution in [0.25, 0.3) is 0 Å². The summed E-state index contributed by atoms with van der Waals surface area (Å²) < 4.78 is 4.87. The van der Waals surface area contributed by atoms with E-state index in [-0.39, 0.29) is 24.4 Å². The number of rotatable bonds is 5. The maximum Gasteiger partial charge on any atom is 0.309 e. The highest BCUT2D eigenvalue weighted by Crippen LogP contribution is 2.42. The van der Waals surface area contributed by atoms with E-state index in [2.05, 4.69) is 0 Å². The summed E-state index contributed by atoms with van der Waals surface area (Å²) in [6, 6.07) is 0. The summed E-state index contributed by atoms with van der Waals surface area (Å²) in [5.74, 6) is 0.313. The van der Waals surface area contributed by atoms with Gasteiger partial charge >= 0.3 is 5.97 Å². The van der Waals surface area contributed by atoms with E-state index in [9.17, 15) is 4.79 Å². The molecule has 0 bridgehead atoms. The van der Waals surface area contributed by atoms with Crippen molar-refractivity contribution < 1.29 is 14.6 Å². The first-order valence-electron chi connectivity index (χ1n) is 6.33. The molecule has 0 spiro atoms. The summed E-state index contributed by atoms with van der Waals surface area (Å²) in [5.41, 5.74) is 2.22. The van der Waals surface area contributed by atoms with Gasteiger partial charge in [0.05, 0.1) is 19.6 Å². The second-order valence-electron chi connectivity index (χ2n) is 4.41. The lowest BCUT2D eigenvalue weighted by molar-refractivity contribution is -0.147. The number of alkyl halides is 1. The zero-order valence-corrected chi connectivity index (χ0v) is 11.7. The van der Waals surface area contributed by atoms with Crippen molar-refractivity contribution in [3.8, 4) is 0 Å². The number of aliphatic hydroxyl groups is 1. The van der Waals surface area contributed by atoms with Gasteiger partial charge in [-0.15, -0.1) is 11.6 Å². The molecule has 0 heterocycles. The van der Waals surface area contributed by atoms with Crippen molar-refractivity contribution in [2.24, 2.45) is 11.8 Å². The predicted octanol–water partition coefficient (Wildman–Crippen LogP) is 2.68. The molecule has 1 rings (SSSR count). The maximum atomic E-state index is 11.8. The molecule has 0 amide bonds. The average molecular weight is 273 g/mol. The van der Waals surface area contributed by atoms with Crippen molar-refractivity contribution in [1.82, 2.24) is 0 Å². The lowest BCUT2D eigenvalue weighted by Crippen LogP contribution is -2.24. The molecule has 0 aliphatic heterocycles. The number of carbonyl (C=O) groups is 1. The van der Waals surface area contributed by atoms with Gasteiger partial charge in [0.2, 0.25) is 0 Å². The Hall–Kier alpha value is -0.800. The molecule has 0 aromatic carbocycles. The largest absolute Gasteiger partial charge is 0.469 e. The van der Waals surface area contributed by atoms with Gasteiger partial charge in [-0.1, -0.05) is 19.1 Å². The smallest absolute Gasteiger partial charge is 0.309 e. The zero-order valence-electron chi connectivity index (χ0n) is 11.0. The van der Waals surface area contributed by atoms with E-state index in [1.54, 1.807) is 0 Å². The number of aliphatic hydroxyl groups excluding tert-OH is 1. The van der Waals surface area contributed by atoms with Gasteiger partial charge in [-0.25, -0.2) is 0 Å². The topological polar surface area (TPSA) is 46.5 Å². The lowest BCUT2D eigenvalue weighted by Gasteiger charge is -2.21. The van der Waals surface area contributed by atoms with Crippen LogP contribution in [0.2, 0.25) is 0 Å².